The van der Waals surface area contributed by atoms with Crippen LogP contribution in [0.15, 0.2) is 18.3 Å². The van der Waals surface area contributed by atoms with E-state index in [1.54, 1.807) is 13.3 Å². The zero-order chi connectivity index (χ0) is 9.90. The Morgan fingerprint density at radius 2 is 2.15 bits per heavy atom. The quantitative estimate of drug-likeness (QED) is 0.641. The van der Waals surface area contributed by atoms with Crippen molar-refractivity contribution in [3.05, 3.63) is 24.0 Å². The van der Waals surface area contributed by atoms with Crippen molar-refractivity contribution < 1.29 is 4.74 Å². The maximum Gasteiger partial charge on any atom is 0.137 e. The number of ether oxygens (including phenoxy) is 1. The second-order valence-corrected chi connectivity index (χ2v) is 3.35. The maximum absolute atomic E-state index is 5.39. The van der Waals surface area contributed by atoms with Gasteiger partial charge in [-0.15, -0.1) is 6.42 Å². The predicted octanol–water partition coefficient (Wildman–Crippen LogP) is 2.00. The molecule has 0 N–H and O–H groups in total. The van der Waals surface area contributed by atoms with Gasteiger partial charge < -0.3 is 4.74 Å². The van der Waals surface area contributed by atoms with Crippen LogP contribution in [0, 0.1) is 12.3 Å². The van der Waals surface area contributed by atoms with Crippen LogP contribution in [-0.2, 0) is 5.41 Å². The normalized spacial score (nSPS) is 10.6. The lowest BCUT2D eigenvalue weighted by Crippen LogP contribution is -2.15. The van der Waals surface area contributed by atoms with Gasteiger partial charge in [-0.1, -0.05) is 5.92 Å². The number of hydrogen-bond donors (Lipinski definition) is 0. The lowest BCUT2D eigenvalue weighted by atomic mass is 9.90. The van der Waals surface area contributed by atoms with E-state index in [1.165, 1.54) is 0 Å². The fourth-order valence-electron chi connectivity index (χ4n) is 0.945. The molecule has 1 aromatic rings. The lowest BCUT2D eigenvalue weighted by Gasteiger charge is -2.16. The molecule has 0 aliphatic rings. The summed E-state index contributed by atoms with van der Waals surface area (Å²) in [7, 11) is 1.61. The molecule has 0 fully saturated rings. The van der Waals surface area contributed by atoms with E-state index in [1.807, 2.05) is 26.0 Å². The zero-order valence-corrected chi connectivity index (χ0v) is 8.16. The van der Waals surface area contributed by atoms with Crippen molar-refractivity contribution in [2.24, 2.45) is 0 Å². The number of nitrogens with zero attached hydrogens (tertiary/aromatic N) is 1. The number of terminal acetylenes is 1. The van der Waals surface area contributed by atoms with Crippen molar-refractivity contribution in [1.29, 1.82) is 0 Å². The summed E-state index contributed by atoms with van der Waals surface area (Å²) in [5.41, 5.74) is 0.572. The molecular weight excluding hydrogens is 162 g/mol. The second-order valence-electron chi connectivity index (χ2n) is 3.35. The third-order valence-corrected chi connectivity index (χ3v) is 1.97. The molecule has 13 heavy (non-hydrogen) atoms. The van der Waals surface area contributed by atoms with Crippen LogP contribution < -0.4 is 4.74 Å². The van der Waals surface area contributed by atoms with E-state index in [-0.39, 0.29) is 5.41 Å². The summed E-state index contributed by atoms with van der Waals surface area (Å²) in [5, 5.41) is 0. The maximum atomic E-state index is 5.39. The highest BCUT2D eigenvalue weighted by Gasteiger charge is 2.18. The summed E-state index contributed by atoms with van der Waals surface area (Å²) < 4.78 is 5.00. The summed E-state index contributed by atoms with van der Waals surface area (Å²) in [6.45, 7) is 3.92. The molecule has 0 spiro atoms. The van der Waals surface area contributed by atoms with E-state index in [0.717, 1.165) is 11.4 Å². The Kier molecular flexibility index (Phi) is 2.57. The molecule has 0 aliphatic heterocycles. The monoisotopic (exact) mass is 175 g/mol. The highest BCUT2D eigenvalue weighted by molar-refractivity contribution is 5.29. The molecule has 2 heteroatoms. The van der Waals surface area contributed by atoms with Crippen LogP contribution in [0.3, 0.4) is 0 Å². The molecule has 68 valence electrons. The lowest BCUT2D eigenvalue weighted by molar-refractivity contribution is 0.412. The van der Waals surface area contributed by atoms with Crippen molar-refractivity contribution in [2.75, 3.05) is 7.11 Å². The second kappa shape index (κ2) is 3.49. The van der Waals surface area contributed by atoms with Crippen LogP contribution in [0.5, 0.6) is 5.75 Å². The first kappa shape index (κ1) is 9.60. The minimum Gasteiger partial charge on any atom is -0.495 e. The van der Waals surface area contributed by atoms with E-state index in [4.69, 9.17) is 11.2 Å². The Morgan fingerprint density at radius 3 is 2.54 bits per heavy atom. The summed E-state index contributed by atoms with van der Waals surface area (Å²) in [6, 6.07) is 3.75. The van der Waals surface area contributed by atoms with Crippen molar-refractivity contribution in [3.63, 3.8) is 0 Å². The number of hydrogen-bond acceptors (Lipinski definition) is 2. The molecule has 1 heterocycles. The van der Waals surface area contributed by atoms with Gasteiger partial charge in [-0.05, 0) is 26.0 Å². The first-order valence-electron chi connectivity index (χ1n) is 4.08. The van der Waals surface area contributed by atoms with E-state index in [2.05, 4.69) is 10.9 Å². The molecular formula is C11H13NO. The predicted molar refractivity (Wildman–Crippen MR) is 52.6 cm³/mol. The van der Waals surface area contributed by atoms with Gasteiger partial charge in [0.05, 0.1) is 24.4 Å². The number of rotatable bonds is 2. The van der Waals surface area contributed by atoms with Crippen molar-refractivity contribution in [1.82, 2.24) is 4.98 Å². The van der Waals surface area contributed by atoms with Gasteiger partial charge in [-0.25, -0.2) is 0 Å². The average molecular weight is 175 g/mol. The van der Waals surface area contributed by atoms with Gasteiger partial charge in [0.2, 0.25) is 0 Å². The van der Waals surface area contributed by atoms with Crippen LogP contribution in [0.2, 0.25) is 0 Å². The van der Waals surface area contributed by atoms with E-state index in [0.29, 0.717) is 0 Å². The van der Waals surface area contributed by atoms with Gasteiger partial charge in [0.1, 0.15) is 5.75 Å². The average Bonchev–Trinajstić information content (AvgIpc) is 2.18. The molecule has 0 atom stereocenters. The summed E-state index contributed by atoms with van der Waals surface area (Å²) in [6.07, 6.45) is 7.06. The zero-order valence-electron chi connectivity index (χ0n) is 8.16. The van der Waals surface area contributed by atoms with Gasteiger partial charge in [0, 0.05) is 0 Å². The minimum absolute atomic E-state index is 0.313. The van der Waals surface area contributed by atoms with Crippen molar-refractivity contribution in [3.8, 4) is 18.1 Å². The van der Waals surface area contributed by atoms with Crippen LogP contribution in [0.25, 0.3) is 0 Å². The Labute approximate surface area is 79.0 Å². The Hall–Kier alpha value is -1.49. The summed E-state index contributed by atoms with van der Waals surface area (Å²) in [5.74, 6) is 3.44. The van der Waals surface area contributed by atoms with Gasteiger partial charge in [-0.2, -0.15) is 0 Å². The largest absolute Gasteiger partial charge is 0.495 e. The first-order chi connectivity index (χ1) is 6.10. The molecule has 0 bridgehead atoms. The summed E-state index contributed by atoms with van der Waals surface area (Å²) in [4.78, 5) is 4.22. The molecule has 0 amide bonds. The minimum atomic E-state index is -0.313. The number of methoxy groups -OCH3 is 1. The molecule has 0 saturated heterocycles. The smallest absolute Gasteiger partial charge is 0.137 e. The Morgan fingerprint density at radius 1 is 1.46 bits per heavy atom. The number of aromatic nitrogens is 1. The van der Waals surface area contributed by atoms with Gasteiger partial charge in [0.15, 0.2) is 0 Å². The third-order valence-electron chi connectivity index (χ3n) is 1.97. The SMILES string of the molecule is C#CC(C)(C)c1ccc(OC)cn1. The van der Waals surface area contributed by atoms with Crippen LogP contribution in [0.1, 0.15) is 19.5 Å². The topological polar surface area (TPSA) is 22.1 Å². The van der Waals surface area contributed by atoms with Crippen LogP contribution in [-0.4, -0.2) is 12.1 Å². The van der Waals surface area contributed by atoms with Gasteiger partial charge in [0.25, 0.3) is 0 Å². The molecule has 0 aromatic carbocycles. The Balaban J connectivity index is 3.00. The first-order valence-corrected chi connectivity index (χ1v) is 4.08. The molecule has 0 aliphatic carbocycles. The fourth-order valence-corrected chi connectivity index (χ4v) is 0.945. The molecule has 0 radical (unpaired) electrons. The van der Waals surface area contributed by atoms with E-state index >= 15 is 0 Å². The highest BCUT2D eigenvalue weighted by atomic mass is 16.5. The van der Waals surface area contributed by atoms with Crippen LogP contribution in [0.4, 0.5) is 0 Å². The standard InChI is InChI=1S/C11H13NO/c1-5-11(2,3)10-7-6-9(13-4)8-12-10/h1,6-8H,2-4H3. The fraction of sp³-hybridized carbons (Fsp3) is 0.364. The molecule has 1 rings (SSSR count). The van der Waals surface area contributed by atoms with Gasteiger partial charge in [-0.3, -0.25) is 4.98 Å². The van der Waals surface area contributed by atoms with E-state index in [9.17, 15) is 0 Å². The summed E-state index contributed by atoms with van der Waals surface area (Å²) >= 11 is 0. The highest BCUT2D eigenvalue weighted by Crippen LogP contribution is 2.21. The van der Waals surface area contributed by atoms with Crippen molar-refractivity contribution >= 4 is 0 Å². The third kappa shape index (κ3) is 2.00. The molecule has 0 saturated carbocycles. The Bertz CT molecular complexity index is 319. The molecule has 1 aromatic heterocycles. The van der Waals surface area contributed by atoms with Crippen LogP contribution >= 0.6 is 0 Å². The van der Waals surface area contributed by atoms with E-state index < -0.39 is 0 Å². The molecule has 0 unspecified atom stereocenters. The van der Waals surface area contributed by atoms with Gasteiger partial charge >= 0.3 is 0 Å². The van der Waals surface area contributed by atoms with Crippen molar-refractivity contribution in [2.45, 2.75) is 19.3 Å². The molecule has 2 nitrogen and oxygen atoms in total. The number of pyridine rings is 1.